The number of pyridine rings is 1. The van der Waals surface area contributed by atoms with Crippen LogP contribution in [0.25, 0.3) is 0 Å². The average molecular weight is 382 g/mol. The zero-order chi connectivity index (χ0) is 19.9. The van der Waals surface area contributed by atoms with E-state index in [0.717, 1.165) is 43.0 Å². The summed E-state index contributed by atoms with van der Waals surface area (Å²) in [6.07, 6.45) is 3.86. The number of nitriles is 1. The third kappa shape index (κ3) is 3.25. The van der Waals surface area contributed by atoms with Gasteiger partial charge in [0.1, 0.15) is 17.7 Å². The van der Waals surface area contributed by atoms with Crippen molar-refractivity contribution in [3.05, 3.63) is 64.5 Å². The third-order valence-electron chi connectivity index (χ3n) is 5.67. The lowest BCUT2D eigenvalue weighted by Crippen LogP contribution is -2.47. The van der Waals surface area contributed by atoms with Crippen molar-refractivity contribution < 1.29 is 13.6 Å². The molecule has 1 aliphatic carbocycles. The number of hydrogen-bond donors (Lipinski definition) is 1. The molecule has 0 saturated heterocycles. The lowest BCUT2D eigenvalue weighted by atomic mass is 9.90. The van der Waals surface area contributed by atoms with E-state index in [9.17, 15) is 13.6 Å². The van der Waals surface area contributed by atoms with Crippen LogP contribution in [0.5, 0.6) is 0 Å². The van der Waals surface area contributed by atoms with Crippen LogP contribution in [-0.4, -0.2) is 28.9 Å². The molecule has 144 valence electrons. The molecule has 7 heteroatoms. The standard InChI is InChI=1S/C21H20F2N4O/c1-13(20-18(23)8-14(10-24)11-25-20)26-19(28)12-27-7-4-15-2-3-16(22)9-17(15)21(27)5-6-21/h2-3,8-9,11,13H,4-7,12H2,1H3,(H,26,28)/t13-/m1/s1. The fourth-order valence-electron chi connectivity index (χ4n) is 4.13. The van der Waals surface area contributed by atoms with E-state index >= 15 is 0 Å². The summed E-state index contributed by atoms with van der Waals surface area (Å²) in [5.74, 6) is -1.11. The largest absolute Gasteiger partial charge is 0.347 e. The zero-order valence-corrected chi connectivity index (χ0v) is 15.5. The van der Waals surface area contributed by atoms with Crippen molar-refractivity contribution in [3.63, 3.8) is 0 Å². The van der Waals surface area contributed by atoms with E-state index in [4.69, 9.17) is 5.26 Å². The fourth-order valence-corrected chi connectivity index (χ4v) is 4.13. The van der Waals surface area contributed by atoms with Gasteiger partial charge in [-0.2, -0.15) is 5.26 Å². The number of hydrogen-bond acceptors (Lipinski definition) is 4. The van der Waals surface area contributed by atoms with Crippen molar-refractivity contribution >= 4 is 5.91 Å². The molecular weight excluding hydrogens is 362 g/mol. The molecule has 1 aromatic heterocycles. The summed E-state index contributed by atoms with van der Waals surface area (Å²) >= 11 is 0. The van der Waals surface area contributed by atoms with Gasteiger partial charge in [-0.25, -0.2) is 8.78 Å². The van der Waals surface area contributed by atoms with E-state index in [1.54, 1.807) is 13.0 Å². The maximum absolute atomic E-state index is 14.1. The molecule has 1 aromatic carbocycles. The second-order valence-corrected chi connectivity index (χ2v) is 7.50. The number of fused-ring (bicyclic) bond motifs is 2. The van der Waals surface area contributed by atoms with E-state index in [1.807, 2.05) is 12.1 Å². The molecule has 2 heterocycles. The molecule has 1 amide bonds. The highest BCUT2D eigenvalue weighted by molar-refractivity contribution is 5.78. The number of nitrogens with zero attached hydrogens (tertiary/aromatic N) is 3. The fraction of sp³-hybridized carbons (Fsp3) is 0.381. The Labute approximate surface area is 162 Å². The van der Waals surface area contributed by atoms with Crippen molar-refractivity contribution in [1.82, 2.24) is 15.2 Å². The SMILES string of the molecule is C[C@@H](NC(=O)CN1CCc2ccc(F)cc2C12CC2)c1ncc(C#N)cc1F. The molecule has 5 nitrogen and oxygen atoms in total. The first-order chi connectivity index (χ1) is 13.4. The molecule has 1 saturated carbocycles. The van der Waals surface area contributed by atoms with E-state index < -0.39 is 11.9 Å². The Balaban J connectivity index is 1.45. The summed E-state index contributed by atoms with van der Waals surface area (Å²) in [7, 11) is 0. The lowest BCUT2D eigenvalue weighted by molar-refractivity contribution is -0.124. The van der Waals surface area contributed by atoms with Crippen molar-refractivity contribution in [2.45, 2.75) is 37.8 Å². The van der Waals surface area contributed by atoms with Crippen LogP contribution in [0.3, 0.4) is 0 Å². The molecule has 1 N–H and O–H groups in total. The second kappa shape index (κ2) is 6.95. The van der Waals surface area contributed by atoms with Gasteiger partial charge in [0.25, 0.3) is 0 Å². The first-order valence-corrected chi connectivity index (χ1v) is 9.32. The molecule has 1 atom stereocenters. The highest BCUT2D eigenvalue weighted by atomic mass is 19.1. The maximum atomic E-state index is 14.1. The molecule has 1 fully saturated rings. The zero-order valence-electron chi connectivity index (χ0n) is 15.5. The number of carbonyl (C=O) groups is 1. The number of halogens is 2. The maximum Gasteiger partial charge on any atom is 0.234 e. The molecule has 1 aliphatic heterocycles. The predicted molar refractivity (Wildman–Crippen MR) is 98.1 cm³/mol. The quantitative estimate of drug-likeness (QED) is 0.883. The summed E-state index contributed by atoms with van der Waals surface area (Å²) < 4.78 is 27.9. The van der Waals surface area contributed by atoms with Crippen molar-refractivity contribution in [2.24, 2.45) is 0 Å². The minimum atomic E-state index is -0.620. The van der Waals surface area contributed by atoms with Gasteiger partial charge in [0.05, 0.1) is 23.8 Å². The Hall–Kier alpha value is -2.85. The number of nitrogens with one attached hydrogen (secondary N) is 1. The van der Waals surface area contributed by atoms with Crippen molar-refractivity contribution in [3.8, 4) is 6.07 Å². The number of carbonyl (C=O) groups excluding carboxylic acids is 1. The first kappa shape index (κ1) is 18.5. The van der Waals surface area contributed by atoms with Crippen LogP contribution in [-0.2, 0) is 16.8 Å². The van der Waals surface area contributed by atoms with Crippen LogP contribution < -0.4 is 5.32 Å². The summed E-state index contributed by atoms with van der Waals surface area (Å²) in [4.78, 5) is 18.7. The summed E-state index contributed by atoms with van der Waals surface area (Å²) in [6, 6.07) is 7.23. The van der Waals surface area contributed by atoms with Gasteiger partial charge < -0.3 is 5.32 Å². The Morgan fingerprint density at radius 2 is 2.18 bits per heavy atom. The number of rotatable bonds is 4. The van der Waals surface area contributed by atoms with Crippen molar-refractivity contribution in [1.29, 1.82) is 5.26 Å². The van der Waals surface area contributed by atoms with Crippen molar-refractivity contribution in [2.75, 3.05) is 13.1 Å². The van der Waals surface area contributed by atoms with E-state index in [1.165, 1.54) is 12.3 Å². The van der Waals surface area contributed by atoms with Gasteiger partial charge in [0, 0.05) is 18.3 Å². The first-order valence-electron chi connectivity index (χ1n) is 9.32. The highest BCUT2D eigenvalue weighted by Gasteiger charge is 2.52. The van der Waals surface area contributed by atoms with E-state index in [2.05, 4.69) is 15.2 Å². The second-order valence-electron chi connectivity index (χ2n) is 7.50. The Morgan fingerprint density at radius 1 is 1.39 bits per heavy atom. The van der Waals surface area contributed by atoms with Gasteiger partial charge in [0.2, 0.25) is 5.91 Å². The Morgan fingerprint density at radius 3 is 2.86 bits per heavy atom. The van der Waals surface area contributed by atoms with Crippen LogP contribution in [0.2, 0.25) is 0 Å². The summed E-state index contributed by atoms with van der Waals surface area (Å²) in [5, 5.41) is 11.6. The number of aromatic nitrogens is 1. The monoisotopic (exact) mass is 382 g/mol. The van der Waals surface area contributed by atoms with Gasteiger partial charge in [-0.1, -0.05) is 6.07 Å². The van der Waals surface area contributed by atoms with Gasteiger partial charge >= 0.3 is 0 Å². The topological polar surface area (TPSA) is 69.0 Å². The molecular formula is C21H20F2N4O. The normalized spacial score (nSPS) is 18.2. The summed E-state index contributed by atoms with van der Waals surface area (Å²) in [5.41, 5.74) is 2.11. The predicted octanol–water partition coefficient (Wildman–Crippen LogP) is 2.96. The van der Waals surface area contributed by atoms with E-state index in [-0.39, 0.29) is 35.1 Å². The molecule has 1 spiro atoms. The molecule has 2 aromatic rings. The van der Waals surface area contributed by atoms with Crippen LogP contribution in [0.15, 0.2) is 30.5 Å². The van der Waals surface area contributed by atoms with Crippen LogP contribution in [0.1, 0.15) is 48.2 Å². The Kier molecular flexibility index (Phi) is 4.60. The van der Waals surface area contributed by atoms with Crippen LogP contribution >= 0.6 is 0 Å². The molecule has 2 aliphatic rings. The molecule has 28 heavy (non-hydrogen) atoms. The van der Waals surface area contributed by atoms with E-state index in [0.29, 0.717) is 0 Å². The molecule has 0 bridgehead atoms. The minimum Gasteiger partial charge on any atom is -0.347 e. The lowest BCUT2D eigenvalue weighted by Gasteiger charge is -2.37. The Bertz CT molecular complexity index is 981. The number of amides is 1. The molecule has 4 rings (SSSR count). The third-order valence-corrected chi connectivity index (χ3v) is 5.67. The van der Waals surface area contributed by atoms with Crippen LogP contribution in [0, 0.1) is 23.0 Å². The highest BCUT2D eigenvalue weighted by Crippen LogP contribution is 2.54. The smallest absolute Gasteiger partial charge is 0.234 e. The minimum absolute atomic E-state index is 0.0968. The van der Waals surface area contributed by atoms with Gasteiger partial charge in [-0.05, 0) is 55.5 Å². The van der Waals surface area contributed by atoms with Gasteiger partial charge in [-0.15, -0.1) is 0 Å². The molecule has 0 radical (unpaired) electrons. The van der Waals surface area contributed by atoms with Gasteiger partial charge in [-0.3, -0.25) is 14.7 Å². The number of benzene rings is 1. The van der Waals surface area contributed by atoms with Crippen LogP contribution in [0.4, 0.5) is 8.78 Å². The average Bonchev–Trinajstić information content (AvgIpc) is 3.46. The summed E-state index contributed by atoms with van der Waals surface area (Å²) in [6.45, 7) is 2.55. The van der Waals surface area contributed by atoms with Gasteiger partial charge in [0.15, 0.2) is 0 Å². The molecule has 0 unspecified atom stereocenters.